The molecule has 0 aliphatic rings. The van der Waals surface area contributed by atoms with Gasteiger partial charge in [-0.25, -0.2) is 4.68 Å². The predicted molar refractivity (Wildman–Crippen MR) is 52.1 cm³/mol. The lowest BCUT2D eigenvalue weighted by Gasteiger charge is -2.03. The van der Waals surface area contributed by atoms with Crippen LogP contribution in [0.2, 0.25) is 5.02 Å². The van der Waals surface area contributed by atoms with Crippen LogP contribution in [-0.4, -0.2) is 9.78 Å². The number of rotatable bonds is 1. The topological polar surface area (TPSA) is 17.8 Å². The Labute approximate surface area is 81.8 Å². The molecule has 0 aliphatic carbocycles. The lowest BCUT2D eigenvalue weighted by Crippen LogP contribution is -1.97. The first-order valence-electron chi connectivity index (χ1n) is 3.95. The Balaban J connectivity index is 2.53. The van der Waals surface area contributed by atoms with Crippen LogP contribution in [0, 0.1) is 13.0 Å². The Morgan fingerprint density at radius 3 is 2.92 bits per heavy atom. The second kappa shape index (κ2) is 3.23. The predicted octanol–water partition coefficient (Wildman–Crippen LogP) is 2.63. The third-order valence-corrected chi connectivity index (χ3v) is 2.05. The van der Waals surface area contributed by atoms with Crippen LogP contribution in [0.5, 0.6) is 0 Å². The molecule has 0 fully saturated rings. The first kappa shape index (κ1) is 8.32. The number of nitrogens with zero attached hydrogens (tertiary/aromatic N) is 2. The summed E-state index contributed by atoms with van der Waals surface area (Å²) in [6.07, 6.45) is 1.65. The Bertz CT molecular complexity index is 420. The molecule has 2 aromatic rings. The van der Waals surface area contributed by atoms with Crippen LogP contribution in [0.4, 0.5) is 0 Å². The SMILES string of the molecule is Cc1[c]cnn1-c1cccc(Cl)c1. The van der Waals surface area contributed by atoms with Crippen molar-refractivity contribution in [1.82, 2.24) is 9.78 Å². The maximum atomic E-state index is 5.86. The van der Waals surface area contributed by atoms with E-state index >= 15 is 0 Å². The minimum Gasteiger partial charge on any atom is -0.237 e. The maximum Gasteiger partial charge on any atom is 0.0663 e. The van der Waals surface area contributed by atoms with Gasteiger partial charge < -0.3 is 0 Å². The van der Waals surface area contributed by atoms with Gasteiger partial charge in [-0.2, -0.15) is 5.10 Å². The third kappa shape index (κ3) is 1.58. The van der Waals surface area contributed by atoms with Gasteiger partial charge in [0.1, 0.15) is 0 Å². The Kier molecular flexibility index (Phi) is 2.07. The molecule has 2 rings (SSSR count). The van der Waals surface area contributed by atoms with Crippen LogP contribution in [0.25, 0.3) is 5.69 Å². The molecule has 0 saturated heterocycles. The van der Waals surface area contributed by atoms with Crippen molar-refractivity contribution in [2.24, 2.45) is 0 Å². The minimum atomic E-state index is 0.715. The number of aromatic nitrogens is 2. The van der Waals surface area contributed by atoms with Crippen LogP contribution in [0.15, 0.2) is 30.5 Å². The fraction of sp³-hybridized carbons (Fsp3) is 0.100. The molecule has 0 aliphatic heterocycles. The maximum absolute atomic E-state index is 5.86. The molecule has 3 heteroatoms. The van der Waals surface area contributed by atoms with E-state index in [1.54, 1.807) is 10.9 Å². The fourth-order valence-electron chi connectivity index (χ4n) is 1.20. The van der Waals surface area contributed by atoms with Crippen LogP contribution >= 0.6 is 11.6 Å². The van der Waals surface area contributed by atoms with E-state index in [4.69, 9.17) is 11.6 Å². The van der Waals surface area contributed by atoms with Crippen LogP contribution in [0.1, 0.15) is 5.69 Å². The Hall–Kier alpha value is -1.28. The monoisotopic (exact) mass is 191 g/mol. The molecule has 0 atom stereocenters. The average Bonchev–Trinajstić information content (AvgIpc) is 2.51. The molecular weight excluding hydrogens is 184 g/mol. The summed E-state index contributed by atoms with van der Waals surface area (Å²) in [7, 11) is 0. The van der Waals surface area contributed by atoms with Gasteiger partial charge in [0.25, 0.3) is 0 Å². The largest absolute Gasteiger partial charge is 0.237 e. The smallest absolute Gasteiger partial charge is 0.0663 e. The standard InChI is InChI=1S/C10H8ClN2/c1-8-5-6-12-13(8)10-4-2-3-9(11)7-10/h2-4,6-7H,1H3. The number of halogens is 1. The molecule has 0 unspecified atom stereocenters. The van der Waals surface area contributed by atoms with E-state index in [0.29, 0.717) is 5.02 Å². The summed E-state index contributed by atoms with van der Waals surface area (Å²) in [4.78, 5) is 0. The molecule has 1 heterocycles. The molecule has 1 aromatic carbocycles. The summed E-state index contributed by atoms with van der Waals surface area (Å²) < 4.78 is 1.80. The number of hydrogen-bond donors (Lipinski definition) is 0. The molecule has 1 aromatic heterocycles. The van der Waals surface area contributed by atoms with E-state index in [-0.39, 0.29) is 0 Å². The van der Waals surface area contributed by atoms with E-state index in [9.17, 15) is 0 Å². The molecule has 0 amide bonds. The average molecular weight is 192 g/mol. The molecule has 13 heavy (non-hydrogen) atoms. The van der Waals surface area contributed by atoms with E-state index in [2.05, 4.69) is 11.2 Å². The van der Waals surface area contributed by atoms with Crippen LogP contribution < -0.4 is 0 Å². The summed E-state index contributed by atoms with van der Waals surface area (Å²) >= 11 is 5.86. The van der Waals surface area contributed by atoms with E-state index in [1.807, 2.05) is 31.2 Å². The quantitative estimate of drug-likeness (QED) is 0.678. The van der Waals surface area contributed by atoms with Crippen molar-refractivity contribution >= 4 is 11.6 Å². The van der Waals surface area contributed by atoms with Gasteiger partial charge in [-0.05, 0) is 25.1 Å². The number of benzene rings is 1. The van der Waals surface area contributed by atoms with E-state index < -0.39 is 0 Å². The third-order valence-electron chi connectivity index (χ3n) is 1.82. The summed E-state index contributed by atoms with van der Waals surface area (Å²) in [5.74, 6) is 0. The Morgan fingerprint density at radius 1 is 1.46 bits per heavy atom. The highest BCUT2D eigenvalue weighted by atomic mass is 35.5. The molecule has 2 nitrogen and oxygen atoms in total. The van der Waals surface area contributed by atoms with Gasteiger partial charge in [-0.3, -0.25) is 0 Å². The molecule has 0 bridgehead atoms. The molecular formula is C10H8ClN2. The van der Waals surface area contributed by atoms with Crippen molar-refractivity contribution < 1.29 is 0 Å². The highest BCUT2D eigenvalue weighted by Gasteiger charge is 2.00. The summed E-state index contributed by atoms with van der Waals surface area (Å²) in [6.45, 7) is 1.95. The second-order valence-electron chi connectivity index (χ2n) is 2.77. The summed E-state index contributed by atoms with van der Waals surface area (Å²) in [6, 6.07) is 10.6. The molecule has 0 saturated carbocycles. The summed E-state index contributed by atoms with van der Waals surface area (Å²) in [5, 5.41) is 4.84. The van der Waals surface area contributed by atoms with Gasteiger partial charge in [0.05, 0.1) is 11.9 Å². The van der Waals surface area contributed by atoms with Gasteiger partial charge >= 0.3 is 0 Å². The van der Waals surface area contributed by atoms with Crippen molar-refractivity contribution in [3.63, 3.8) is 0 Å². The van der Waals surface area contributed by atoms with Gasteiger partial charge in [0, 0.05) is 16.8 Å². The van der Waals surface area contributed by atoms with Gasteiger partial charge in [-0.15, -0.1) is 0 Å². The second-order valence-corrected chi connectivity index (χ2v) is 3.20. The lowest BCUT2D eigenvalue weighted by molar-refractivity contribution is 0.847. The highest BCUT2D eigenvalue weighted by Crippen LogP contribution is 2.14. The lowest BCUT2D eigenvalue weighted by atomic mass is 10.3. The highest BCUT2D eigenvalue weighted by molar-refractivity contribution is 6.30. The molecule has 65 valence electrons. The fourth-order valence-corrected chi connectivity index (χ4v) is 1.38. The van der Waals surface area contributed by atoms with E-state index in [1.165, 1.54) is 0 Å². The Morgan fingerprint density at radius 2 is 2.31 bits per heavy atom. The molecule has 1 radical (unpaired) electrons. The zero-order valence-corrected chi connectivity index (χ0v) is 7.92. The minimum absolute atomic E-state index is 0.715. The van der Waals surface area contributed by atoms with E-state index in [0.717, 1.165) is 11.4 Å². The van der Waals surface area contributed by atoms with Crippen molar-refractivity contribution in [3.05, 3.63) is 47.2 Å². The van der Waals surface area contributed by atoms with Crippen molar-refractivity contribution in [3.8, 4) is 5.69 Å². The molecule has 0 spiro atoms. The number of hydrogen-bond acceptors (Lipinski definition) is 1. The van der Waals surface area contributed by atoms with Gasteiger partial charge in [0.2, 0.25) is 0 Å². The first-order chi connectivity index (χ1) is 6.27. The summed E-state index contributed by atoms with van der Waals surface area (Å²) in [5.41, 5.74) is 1.94. The van der Waals surface area contributed by atoms with Crippen molar-refractivity contribution in [2.75, 3.05) is 0 Å². The van der Waals surface area contributed by atoms with Crippen LogP contribution in [0.3, 0.4) is 0 Å². The zero-order valence-electron chi connectivity index (χ0n) is 7.16. The van der Waals surface area contributed by atoms with Gasteiger partial charge in [-0.1, -0.05) is 17.7 Å². The first-order valence-corrected chi connectivity index (χ1v) is 4.33. The van der Waals surface area contributed by atoms with Gasteiger partial charge in [0.15, 0.2) is 0 Å². The number of aryl methyl sites for hydroxylation is 1. The molecule has 0 N–H and O–H groups in total. The normalized spacial score (nSPS) is 10.3. The zero-order chi connectivity index (χ0) is 9.26. The van der Waals surface area contributed by atoms with Crippen molar-refractivity contribution in [2.45, 2.75) is 6.92 Å². The van der Waals surface area contributed by atoms with Crippen LogP contribution in [-0.2, 0) is 0 Å². The van der Waals surface area contributed by atoms with Crippen molar-refractivity contribution in [1.29, 1.82) is 0 Å².